The minimum atomic E-state index is -0.0814. The van der Waals surface area contributed by atoms with Crippen molar-refractivity contribution in [2.45, 2.75) is 25.8 Å². The molecule has 2 aliphatic rings. The van der Waals surface area contributed by atoms with Crippen LogP contribution in [-0.4, -0.2) is 38.4 Å². The maximum absolute atomic E-state index is 12.8. The first-order chi connectivity index (χ1) is 12.2. The second kappa shape index (κ2) is 6.27. The van der Waals surface area contributed by atoms with Gasteiger partial charge in [-0.3, -0.25) is 14.6 Å². The van der Waals surface area contributed by atoms with Crippen molar-refractivity contribution in [3.8, 4) is 0 Å². The molecule has 1 amide bonds. The Balaban J connectivity index is 1.70. The average molecular weight is 336 g/mol. The summed E-state index contributed by atoms with van der Waals surface area (Å²) < 4.78 is 1.90. The van der Waals surface area contributed by atoms with E-state index >= 15 is 0 Å². The van der Waals surface area contributed by atoms with E-state index in [4.69, 9.17) is 0 Å². The summed E-state index contributed by atoms with van der Waals surface area (Å²) in [6, 6.07) is 3.53. The summed E-state index contributed by atoms with van der Waals surface area (Å²) in [7, 11) is 0. The SMILES string of the molecule is CC=Cc1ccc(=O)n2c1[C@H]1C[C@@H](CN(C(=O)c3cnccn3)C1)C2. The molecule has 2 bridgehead atoms. The van der Waals surface area contributed by atoms with Gasteiger partial charge in [0, 0.05) is 49.7 Å². The van der Waals surface area contributed by atoms with E-state index in [1.807, 2.05) is 34.6 Å². The molecular weight excluding hydrogens is 316 g/mol. The van der Waals surface area contributed by atoms with Gasteiger partial charge in [0.05, 0.1) is 6.20 Å². The Bertz CT molecular complexity index is 888. The number of hydrogen-bond acceptors (Lipinski definition) is 4. The van der Waals surface area contributed by atoms with Crippen molar-refractivity contribution in [3.05, 3.63) is 64.1 Å². The fourth-order valence-corrected chi connectivity index (χ4v) is 4.11. The van der Waals surface area contributed by atoms with Gasteiger partial charge in [0.2, 0.25) is 0 Å². The number of allylic oxidation sites excluding steroid dienone is 1. The summed E-state index contributed by atoms with van der Waals surface area (Å²) in [4.78, 5) is 35.1. The summed E-state index contributed by atoms with van der Waals surface area (Å²) >= 11 is 0. The Labute approximate surface area is 145 Å². The summed E-state index contributed by atoms with van der Waals surface area (Å²) in [6.45, 7) is 3.91. The maximum Gasteiger partial charge on any atom is 0.274 e. The first kappa shape index (κ1) is 15.7. The summed E-state index contributed by atoms with van der Waals surface area (Å²) in [5.41, 5.74) is 2.55. The van der Waals surface area contributed by atoms with Crippen molar-refractivity contribution in [1.82, 2.24) is 19.4 Å². The molecule has 0 spiro atoms. The van der Waals surface area contributed by atoms with E-state index in [0.717, 1.165) is 17.7 Å². The second-order valence-corrected chi connectivity index (χ2v) is 6.72. The van der Waals surface area contributed by atoms with Gasteiger partial charge in [-0.2, -0.15) is 0 Å². The van der Waals surface area contributed by atoms with Gasteiger partial charge < -0.3 is 9.47 Å². The third-order valence-corrected chi connectivity index (χ3v) is 5.04. The van der Waals surface area contributed by atoms with Crippen LogP contribution in [0.3, 0.4) is 0 Å². The molecule has 4 heterocycles. The Morgan fingerprint density at radius 2 is 2.12 bits per heavy atom. The van der Waals surface area contributed by atoms with Crippen LogP contribution in [-0.2, 0) is 6.54 Å². The molecule has 1 fully saturated rings. The second-order valence-electron chi connectivity index (χ2n) is 6.72. The van der Waals surface area contributed by atoms with Gasteiger partial charge in [-0.25, -0.2) is 4.98 Å². The van der Waals surface area contributed by atoms with Crippen LogP contribution in [0.15, 0.2) is 41.6 Å². The van der Waals surface area contributed by atoms with Crippen molar-refractivity contribution in [2.75, 3.05) is 13.1 Å². The molecule has 2 atom stereocenters. The predicted octanol–water partition coefficient (Wildman–Crippen LogP) is 1.93. The zero-order valence-electron chi connectivity index (χ0n) is 14.1. The molecule has 0 radical (unpaired) electrons. The van der Waals surface area contributed by atoms with E-state index in [1.54, 1.807) is 12.3 Å². The minimum Gasteiger partial charge on any atom is -0.336 e. The lowest BCUT2D eigenvalue weighted by Gasteiger charge is -2.43. The van der Waals surface area contributed by atoms with Crippen LogP contribution in [0.2, 0.25) is 0 Å². The van der Waals surface area contributed by atoms with Gasteiger partial charge in [0.25, 0.3) is 11.5 Å². The molecule has 2 aromatic heterocycles. The highest BCUT2D eigenvalue weighted by Gasteiger charge is 2.37. The maximum atomic E-state index is 12.8. The lowest BCUT2D eigenvalue weighted by atomic mass is 9.81. The van der Waals surface area contributed by atoms with Gasteiger partial charge in [0.1, 0.15) is 5.69 Å². The first-order valence-electron chi connectivity index (χ1n) is 8.59. The lowest BCUT2D eigenvalue weighted by Crippen LogP contribution is -2.49. The molecule has 0 saturated carbocycles. The standard InChI is InChI=1S/C19H20N4O2/c1-2-3-14-4-5-17(24)23-11-13-8-15(18(14)23)12-22(10-13)19(25)16-9-20-6-7-21-16/h2-7,9,13,15H,8,10-12H2,1H3/t13-,15-/m0/s1. The summed E-state index contributed by atoms with van der Waals surface area (Å²) in [5.74, 6) is 0.390. The van der Waals surface area contributed by atoms with E-state index in [1.165, 1.54) is 12.4 Å². The van der Waals surface area contributed by atoms with Crippen molar-refractivity contribution >= 4 is 12.0 Å². The van der Waals surface area contributed by atoms with Crippen molar-refractivity contribution in [1.29, 1.82) is 0 Å². The molecule has 4 rings (SSSR count). The molecule has 6 heteroatoms. The minimum absolute atomic E-state index is 0.0478. The Hall–Kier alpha value is -2.76. The van der Waals surface area contributed by atoms with Crippen molar-refractivity contribution < 1.29 is 4.79 Å². The smallest absolute Gasteiger partial charge is 0.274 e. The van der Waals surface area contributed by atoms with E-state index in [-0.39, 0.29) is 17.4 Å². The molecule has 0 unspecified atom stereocenters. The van der Waals surface area contributed by atoms with Crippen LogP contribution >= 0.6 is 0 Å². The number of carbonyl (C=O) groups excluding carboxylic acids is 1. The quantitative estimate of drug-likeness (QED) is 0.840. The molecule has 25 heavy (non-hydrogen) atoms. The van der Waals surface area contributed by atoms with Gasteiger partial charge in [-0.15, -0.1) is 0 Å². The molecule has 0 N–H and O–H groups in total. The highest BCUT2D eigenvalue weighted by atomic mass is 16.2. The fourth-order valence-electron chi connectivity index (χ4n) is 4.11. The summed E-state index contributed by atoms with van der Waals surface area (Å²) in [6.07, 6.45) is 9.65. The van der Waals surface area contributed by atoms with Crippen molar-refractivity contribution in [3.63, 3.8) is 0 Å². The van der Waals surface area contributed by atoms with Crippen LogP contribution in [0, 0.1) is 5.92 Å². The van der Waals surface area contributed by atoms with Crippen LogP contribution in [0.4, 0.5) is 0 Å². The summed E-state index contributed by atoms with van der Waals surface area (Å²) in [5, 5.41) is 0. The molecule has 6 nitrogen and oxygen atoms in total. The number of carbonyl (C=O) groups is 1. The molecule has 2 aliphatic heterocycles. The van der Waals surface area contributed by atoms with Gasteiger partial charge in [-0.05, 0) is 30.9 Å². The van der Waals surface area contributed by atoms with E-state index < -0.39 is 0 Å². The number of pyridine rings is 1. The predicted molar refractivity (Wildman–Crippen MR) is 94.2 cm³/mol. The average Bonchev–Trinajstić information content (AvgIpc) is 2.64. The Morgan fingerprint density at radius 1 is 1.24 bits per heavy atom. The molecule has 2 aromatic rings. The number of nitrogens with zero attached hydrogens (tertiary/aromatic N) is 4. The number of fused-ring (bicyclic) bond motifs is 4. The Morgan fingerprint density at radius 3 is 2.88 bits per heavy atom. The zero-order chi connectivity index (χ0) is 17.4. The third kappa shape index (κ3) is 2.77. The van der Waals surface area contributed by atoms with E-state index in [9.17, 15) is 9.59 Å². The largest absolute Gasteiger partial charge is 0.336 e. The van der Waals surface area contributed by atoms with E-state index in [0.29, 0.717) is 31.2 Å². The molecule has 0 aromatic carbocycles. The third-order valence-electron chi connectivity index (χ3n) is 5.04. The first-order valence-corrected chi connectivity index (χ1v) is 8.59. The molecule has 128 valence electrons. The number of aromatic nitrogens is 3. The van der Waals surface area contributed by atoms with Crippen LogP contribution in [0.25, 0.3) is 6.08 Å². The number of piperidine rings is 1. The number of likely N-dealkylation sites (tertiary alicyclic amines) is 1. The van der Waals surface area contributed by atoms with Gasteiger partial charge >= 0.3 is 0 Å². The van der Waals surface area contributed by atoms with Gasteiger partial charge in [0.15, 0.2) is 0 Å². The highest BCUT2D eigenvalue weighted by Crippen LogP contribution is 2.37. The molecule has 1 saturated heterocycles. The van der Waals surface area contributed by atoms with Crippen LogP contribution in [0.1, 0.15) is 41.0 Å². The molecular formula is C19H20N4O2. The number of hydrogen-bond donors (Lipinski definition) is 0. The molecule has 0 aliphatic carbocycles. The van der Waals surface area contributed by atoms with Crippen molar-refractivity contribution in [2.24, 2.45) is 5.92 Å². The lowest BCUT2D eigenvalue weighted by molar-refractivity contribution is 0.0588. The number of rotatable bonds is 2. The normalized spacial score (nSPS) is 22.0. The Kier molecular flexibility index (Phi) is 3.95. The van der Waals surface area contributed by atoms with Crippen LogP contribution in [0.5, 0.6) is 0 Å². The number of amides is 1. The van der Waals surface area contributed by atoms with Crippen LogP contribution < -0.4 is 5.56 Å². The zero-order valence-corrected chi connectivity index (χ0v) is 14.1. The van der Waals surface area contributed by atoms with Gasteiger partial charge in [-0.1, -0.05) is 12.2 Å². The fraction of sp³-hybridized carbons (Fsp3) is 0.368. The highest BCUT2D eigenvalue weighted by molar-refractivity contribution is 5.92. The van der Waals surface area contributed by atoms with E-state index in [2.05, 4.69) is 9.97 Å². The topological polar surface area (TPSA) is 68.1 Å². The monoisotopic (exact) mass is 336 g/mol.